The second-order valence-corrected chi connectivity index (χ2v) is 5.53. The molecule has 7 nitrogen and oxygen atoms in total. The van der Waals surface area contributed by atoms with E-state index in [1.165, 1.54) is 24.3 Å². The monoisotopic (exact) mass is 310 g/mol. The molecular weight excluding hydrogens is 291 g/mol. The van der Waals surface area contributed by atoms with Crippen LogP contribution in [0.15, 0.2) is 12.3 Å². The Labute approximate surface area is 127 Å². The number of amides is 3. The van der Waals surface area contributed by atoms with Gasteiger partial charge in [-0.05, 0) is 13.3 Å². The summed E-state index contributed by atoms with van der Waals surface area (Å²) in [6.07, 6.45) is 1.92. The van der Waals surface area contributed by atoms with Gasteiger partial charge in [-0.1, -0.05) is 0 Å². The molecular formula is C14H19FN4O3. The molecule has 1 atom stereocenters. The first-order chi connectivity index (χ1) is 10.4. The zero-order valence-electron chi connectivity index (χ0n) is 12.6. The van der Waals surface area contributed by atoms with Crippen LogP contribution in [0.2, 0.25) is 0 Å². The molecule has 1 aliphatic heterocycles. The highest BCUT2D eigenvalue weighted by Gasteiger charge is 2.40. The topological polar surface area (TPSA) is 97.6 Å². The van der Waals surface area contributed by atoms with Crippen molar-refractivity contribution in [2.75, 3.05) is 20.2 Å². The molecule has 0 radical (unpaired) electrons. The first-order valence-corrected chi connectivity index (χ1v) is 6.87. The smallest absolute Gasteiger partial charge is 0.317 e. The minimum atomic E-state index is -0.712. The Morgan fingerprint density at radius 1 is 1.59 bits per heavy atom. The average molecular weight is 310 g/mol. The minimum absolute atomic E-state index is 0.0638. The summed E-state index contributed by atoms with van der Waals surface area (Å²) in [7, 11) is 1.36. The SMILES string of the molecule is COc1ccnc(CNC(=O)N2CCC(C)(C(N)=O)C2)c1F. The summed E-state index contributed by atoms with van der Waals surface area (Å²) >= 11 is 0. The predicted octanol–water partition coefficient (Wildman–Crippen LogP) is 0.636. The molecule has 1 fully saturated rings. The number of primary amides is 1. The normalized spacial score (nSPS) is 20.8. The quantitative estimate of drug-likeness (QED) is 0.852. The van der Waals surface area contributed by atoms with Gasteiger partial charge >= 0.3 is 6.03 Å². The van der Waals surface area contributed by atoms with Gasteiger partial charge in [0.2, 0.25) is 5.91 Å². The molecule has 2 rings (SSSR count). The number of nitrogens with zero attached hydrogens (tertiary/aromatic N) is 2. The second-order valence-electron chi connectivity index (χ2n) is 5.53. The van der Waals surface area contributed by atoms with Gasteiger partial charge in [0, 0.05) is 25.4 Å². The van der Waals surface area contributed by atoms with E-state index >= 15 is 0 Å². The maximum atomic E-state index is 13.9. The van der Waals surface area contributed by atoms with Crippen molar-refractivity contribution in [2.24, 2.45) is 11.1 Å². The summed E-state index contributed by atoms with van der Waals surface area (Å²) in [6.45, 7) is 2.35. The molecule has 1 saturated heterocycles. The molecule has 120 valence electrons. The number of halogens is 1. The highest BCUT2D eigenvalue weighted by atomic mass is 19.1. The number of nitrogens with two attached hydrogens (primary N) is 1. The molecule has 1 aromatic heterocycles. The van der Waals surface area contributed by atoms with E-state index in [1.54, 1.807) is 6.92 Å². The summed E-state index contributed by atoms with van der Waals surface area (Å²) in [4.78, 5) is 28.8. The van der Waals surface area contributed by atoms with Gasteiger partial charge in [0.15, 0.2) is 11.6 Å². The second kappa shape index (κ2) is 6.17. The van der Waals surface area contributed by atoms with E-state index < -0.39 is 17.1 Å². The van der Waals surface area contributed by atoms with E-state index in [2.05, 4.69) is 10.3 Å². The molecule has 3 amide bonds. The van der Waals surface area contributed by atoms with Crippen molar-refractivity contribution < 1.29 is 18.7 Å². The molecule has 2 heterocycles. The Hall–Kier alpha value is -2.38. The third-order valence-corrected chi connectivity index (χ3v) is 3.91. The first-order valence-electron chi connectivity index (χ1n) is 6.87. The van der Waals surface area contributed by atoms with Gasteiger partial charge in [-0.2, -0.15) is 0 Å². The molecule has 0 saturated carbocycles. The summed E-state index contributed by atoms with van der Waals surface area (Å²) < 4.78 is 18.8. The van der Waals surface area contributed by atoms with Crippen molar-refractivity contribution in [3.05, 3.63) is 23.8 Å². The van der Waals surface area contributed by atoms with Gasteiger partial charge in [0.25, 0.3) is 0 Å². The van der Waals surface area contributed by atoms with Crippen LogP contribution in [0.1, 0.15) is 19.0 Å². The molecule has 8 heteroatoms. The Balaban J connectivity index is 1.96. The number of hydrogen-bond donors (Lipinski definition) is 2. The van der Waals surface area contributed by atoms with E-state index in [9.17, 15) is 14.0 Å². The number of likely N-dealkylation sites (tertiary alicyclic amines) is 1. The lowest BCUT2D eigenvalue weighted by molar-refractivity contribution is -0.126. The predicted molar refractivity (Wildman–Crippen MR) is 76.5 cm³/mol. The zero-order valence-corrected chi connectivity index (χ0v) is 12.6. The maximum absolute atomic E-state index is 13.9. The van der Waals surface area contributed by atoms with Crippen LogP contribution in [0.5, 0.6) is 5.75 Å². The van der Waals surface area contributed by atoms with Crippen molar-refractivity contribution in [3.63, 3.8) is 0 Å². The Morgan fingerprint density at radius 3 is 2.91 bits per heavy atom. The summed E-state index contributed by atoms with van der Waals surface area (Å²) in [5, 5.41) is 2.59. The number of nitrogens with one attached hydrogen (secondary N) is 1. The third kappa shape index (κ3) is 3.10. The number of hydrogen-bond acceptors (Lipinski definition) is 4. The summed E-state index contributed by atoms with van der Waals surface area (Å²) in [5.74, 6) is -0.960. The molecule has 0 spiro atoms. The molecule has 0 bridgehead atoms. The standard InChI is InChI=1S/C14H19FN4O3/c1-14(12(16)20)4-6-19(8-14)13(21)18-7-9-11(15)10(22-2)3-5-17-9/h3,5H,4,6-8H2,1-2H3,(H2,16,20)(H,18,21). The van der Waals surface area contributed by atoms with E-state index in [-0.39, 0.29) is 30.6 Å². The van der Waals surface area contributed by atoms with Gasteiger partial charge in [-0.3, -0.25) is 9.78 Å². The molecule has 22 heavy (non-hydrogen) atoms. The van der Waals surface area contributed by atoms with Gasteiger partial charge < -0.3 is 20.7 Å². The van der Waals surface area contributed by atoms with Crippen molar-refractivity contribution in [2.45, 2.75) is 19.9 Å². The number of methoxy groups -OCH3 is 1. The zero-order chi connectivity index (χ0) is 16.3. The lowest BCUT2D eigenvalue weighted by Gasteiger charge is -2.21. The lowest BCUT2D eigenvalue weighted by atomic mass is 9.89. The molecule has 0 aliphatic carbocycles. The highest BCUT2D eigenvalue weighted by molar-refractivity contribution is 5.83. The fourth-order valence-electron chi connectivity index (χ4n) is 2.35. The summed E-state index contributed by atoms with van der Waals surface area (Å²) in [6, 6.07) is 1.02. The maximum Gasteiger partial charge on any atom is 0.317 e. The Kier molecular flexibility index (Phi) is 4.48. The van der Waals surface area contributed by atoms with Gasteiger partial charge in [0.05, 0.1) is 24.8 Å². The lowest BCUT2D eigenvalue weighted by Crippen LogP contribution is -2.42. The summed E-state index contributed by atoms with van der Waals surface area (Å²) in [5.41, 5.74) is 4.72. The number of aromatic nitrogens is 1. The number of pyridine rings is 1. The van der Waals surface area contributed by atoms with Crippen LogP contribution in [0.4, 0.5) is 9.18 Å². The number of carbonyl (C=O) groups excluding carboxylic acids is 2. The minimum Gasteiger partial charge on any atom is -0.494 e. The van der Waals surface area contributed by atoms with Crippen molar-refractivity contribution in [1.82, 2.24) is 15.2 Å². The van der Waals surface area contributed by atoms with Crippen molar-refractivity contribution >= 4 is 11.9 Å². The Morgan fingerprint density at radius 2 is 2.32 bits per heavy atom. The van der Waals surface area contributed by atoms with Gasteiger partial charge in [-0.15, -0.1) is 0 Å². The first kappa shape index (κ1) is 16.0. The van der Waals surface area contributed by atoms with E-state index in [0.717, 1.165) is 0 Å². The van der Waals surface area contributed by atoms with Crippen molar-refractivity contribution in [1.29, 1.82) is 0 Å². The van der Waals surface area contributed by atoms with Crippen molar-refractivity contribution in [3.8, 4) is 5.75 Å². The van der Waals surface area contributed by atoms with Gasteiger partial charge in [-0.25, -0.2) is 9.18 Å². The molecule has 0 aromatic carbocycles. The van der Waals surface area contributed by atoms with Gasteiger partial charge in [0.1, 0.15) is 0 Å². The van der Waals surface area contributed by atoms with Crippen LogP contribution < -0.4 is 15.8 Å². The van der Waals surface area contributed by atoms with E-state index in [4.69, 9.17) is 10.5 Å². The Bertz CT molecular complexity index is 595. The average Bonchev–Trinajstić information content (AvgIpc) is 2.90. The van der Waals surface area contributed by atoms with Crippen LogP contribution in [-0.4, -0.2) is 42.0 Å². The van der Waals surface area contributed by atoms with E-state index in [1.807, 2.05) is 0 Å². The van der Waals surface area contributed by atoms with E-state index in [0.29, 0.717) is 13.0 Å². The number of carbonyl (C=O) groups is 2. The largest absolute Gasteiger partial charge is 0.494 e. The molecule has 1 unspecified atom stereocenters. The van der Waals surface area contributed by atoms with Crippen LogP contribution in [0.3, 0.4) is 0 Å². The highest BCUT2D eigenvalue weighted by Crippen LogP contribution is 2.29. The van der Waals surface area contributed by atoms with Crippen LogP contribution in [0.25, 0.3) is 0 Å². The van der Waals surface area contributed by atoms with Crippen LogP contribution in [-0.2, 0) is 11.3 Å². The molecule has 1 aromatic rings. The number of urea groups is 1. The number of ether oxygens (including phenoxy) is 1. The fraction of sp³-hybridized carbons (Fsp3) is 0.500. The molecule has 1 aliphatic rings. The fourth-order valence-corrected chi connectivity index (χ4v) is 2.35. The molecule has 3 N–H and O–H groups in total. The van der Waals surface area contributed by atoms with Crippen LogP contribution in [0, 0.1) is 11.2 Å². The number of rotatable bonds is 4. The third-order valence-electron chi connectivity index (χ3n) is 3.91. The van der Waals surface area contributed by atoms with Crippen LogP contribution >= 0.6 is 0 Å².